The van der Waals surface area contributed by atoms with Gasteiger partial charge >= 0.3 is 11.9 Å². The molecule has 0 spiro atoms. The maximum atomic E-state index is 11.9. The van der Waals surface area contributed by atoms with Crippen LogP contribution in [0.5, 0.6) is 0 Å². The molecule has 1 unspecified atom stereocenters. The second-order valence-electron chi connectivity index (χ2n) is 9.67. The molecule has 8 nitrogen and oxygen atoms in total. The fourth-order valence-electron chi connectivity index (χ4n) is 4.50. The second-order valence-corrected chi connectivity index (χ2v) is 10.9. The van der Waals surface area contributed by atoms with Gasteiger partial charge in [-0.3, -0.25) is 4.98 Å². The molecule has 2 aromatic heterocycles. The van der Waals surface area contributed by atoms with Gasteiger partial charge in [-0.15, -0.1) is 0 Å². The van der Waals surface area contributed by atoms with Gasteiger partial charge in [0, 0.05) is 23.1 Å². The van der Waals surface area contributed by atoms with Crippen LogP contribution >= 0.6 is 11.8 Å². The van der Waals surface area contributed by atoms with E-state index in [-0.39, 0.29) is 33.5 Å². The summed E-state index contributed by atoms with van der Waals surface area (Å²) in [6, 6.07) is 26.6. The van der Waals surface area contributed by atoms with Crippen LogP contribution in [-0.4, -0.2) is 37.4 Å². The van der Waals surface area contributed by atoms with E-state index in [4.69, 9.17) is 5.73 Å². The topological polar surface area (TPSA) is 130 Å². The van der Waals surface area contributed by atoms with E-state index >= 15 is 0 Å². The number of hydrogen-bond acceptors (Lipinski definition) is 7. The largest absolute Gasteiger partial charge is 0.478 e. The Labute approximate surface area is 259 Å². The highest BCUT2D eigenvalue weighted by atomic mass is 32.2. The maximum Gasteiger partial charge on any atom is 0.335 e. The van der Waals surface area contributed by atoms with Crippen molar-refractivity contribution in [2.75, 3.05) is 4.90 Å². The van der Waals surface area contributed by atoms with Crippen molar-refractivity contribution < 1.29 is 19.8 Å². The molecule has 9 heteroatoms. The van der Waals surface area contributed by atoms with Crippen molar-refractivity contribution in [1.82, 2.24) is 9.97 Å². The number of aromatic nitrogens is 2. The lowest BCUT2D eigenvalue weighted by atomic mass is 10.1. The van der Waals surface area contributed by atoms with Gasteiger partial charge in [-0.05, 0) is 68.0 Å². The van der Waals surface area contributed by atoms with E-state index in [1.807, 2.05) is 36.4 Å². The average Bonchev–Trinajstić information content (AvgIpc) is 3.51. The highest BCUT2D eigenvalue weighted by molar-refractivity contribution is 8.04. The highest BCUT2D eigenvalue weighted by Crippen LogP contribution is 2.41. The van der Waals surface area contributed by atoms with Gasteiger partial charge in [0.1, 0.15) is 0 Å². The van der Waals surface area contributed by atoms with Crippen LogP contribution in [0.15, 0.2) is 120 Å². The van der Waals surface area contributed by atoms with Gasteiger partial charge < -0.3 is 20.8 Å². The molecule has 0 amide bonds. The normalized spacial score (nSPS) is 14.8. The zero-order valence-electron chi connectivity index (χ0n) is 23.7. The maximum absolute atomic E-state index is 11.9. The number of carbonyl (C=O) groups is 2. The summed E-state index contributed by atoms with van der Waals surface area (Å²) < 4.78 is 0. The van der Waals surface area contributed by atoms with E-state index in [1.165, 1.54) is 24.3 Å². The van der Waals surface area contributed by atoms with Gasteiger partial charge in [0.2, 0.25) is 0 Å². The summed E-state index contributed by atoms with van der Waals surface area (Å²) in [5.74, 6) is 4.27. The molecule has 1 aliphatic heterocycles. The fourth-order valence-corrected chi connectivity index (χ4v) is 5.61. The lowest BCUT2D eigenvalue weighted by Crippen LogP contribution is -2.13. The monoisotopic (exact) mass is 600 g/mol. The van der Waals surface area contributed by atoms with Crippen molar-refractivity contribution in [1.29, 1.82) is 0 Å². The summed E-state index contributed by atoms with van der Waals surface area (Å²) in [5, 5.41) is 20.2. The Balaban J connectivity index is 1.39. The van der Waals surface area contributed by atoms with Gasteiger partial charge in [-0.25, -0.2) is 14.6 Å². The zero-order valence-corrected chi connectivity index (χ0v) is 24.5. The van der Waals surface area contributed by atoms with Crippen molar-refractivity contribution in [2.24, 2.45) is 5.73 Å². The van der Waals surface area contributed by atoms with Crippen molar-refractivity contribution in [3.05, 3.63) is 137 Å². The molecule has 44 heavy (non-hydrogen) atoms. The quantitative estimate of drug-likeness (QED) is 0.115. The lowest BCUT2D eigenvalue weighted by Gasteiger charge is -2.26. The van der Waals surface area contributed by atoms with Crippen LogP contribution in [0.3, 0.4) is 0 Å². The lowest BCUT2D eigenvalue weighted by molar-refractivity contribution is -0.132. The molecule has 218 valence electrons. The van der Waals surface area contributed by atoms with Crippen LogP contribution in [0, 0.1) is 11.8 Å². The van der Waals surface area contributed by atoms with E-state index < -0.39 is 11.9 Å². The molecule has 0 bridgehead atoms. The Bertz CT molecular complexity index is 1820. The SMILES string of the molecule is C/C=C(\C=C(/N)c1cc(C(=O)O)cc(-c2cc(C#CC3CC=C(N(c4ccccc4)c4ccccc4)S3)ccn2)n1)C(=O)O. The van der Waals surface area contributed by atoms with E-state index in [1.54, 1.807) is 37.0 Å². The minimum atomic E-state index is -1.18. The van der Waals surface area contributed by atoms with Gasteiger partial charge in [-0.2, -0.15) is 0 Å². The first-order valence-corrected chi connectivity index (χ1v) is 14.6. The fraction of sp³-hybridized carbons (Fsp3) is 0.0857. The summed E-state index contributed by atoms with van der Waals surface area (Å²) >= 11 is 1.70. The molecular formula is C35H28N4O4S. The van der Waals surface area contributed by atoms with Crippen LogP contribution in [0.2, 0.25) is 0 Å². The molecule has 4 aromatic rings. The first-order chi connectivity index (χ1) is 21.3. The number of allylic oxidation sites excluding steroid dienone is 2. The first kappa shape index (κ1) is 29.9. The summed E-state index contributed by atoms with van der Waals surface area (Å²) in [6.45, 7) is 1.57. The summed E-state index contributed by atoms with van der Waals surface area (Å²) in [4.78, 5) is 34.4. The van der Waals surface area contributed by atoms with Crippen molar-refractivity contribution in [2.45, 2.75) is 18.6 Å². The Morgan fingerprint density at radius 3 is 2.27 bits per heavy atom. The molecule has 0 saturated carbocycles. The Morgan fingerprint density at radius 1 is 0.977 bits per heavy atom. The molecule has 1 aliphatic rings. The van der Waals surface area contributed by atoms with E-state index in [0.29, 0.717) is 11.3 Å². The smallest absolute Gasteiger partial charge is 0.335 e. The summed E-state index contributed by atoms with van der Waals surface area (Å²) in [7, 11) is 0. The predicted octanol–water partition coefficient (Wildman–Crippen LogP) is 6.71. The molecule has 0 fully saturated rings. The third-order valence-electron chi connectivity index (χ3n) is 6.66. The van der Waals surface area contributed by atoms with Crippen LogP contribution in [0.4, 0.5) is 11.4 Å². The molecular weight excluding hydrogens is 572 g/mol. The van der Waals surface area contributed by atoms with Gasteiger partial charge in [0.25, 0.3) is 0 Å². The van der Waals surface area contributed by atoms with Crippen LogP contribution < -0.4 is 10.6 Å². The molecule has 1 atom stereocenters. The molecule has 3 heterocycles. The predicted molar refractivity (Wildman–Crippen MR) is 174 cm³/mol. The van der Waals surface area contributed by atoms with Gasteiger partial charge in [0.05, 0.1) is 44.2 Å². The Hall–Kier alpha value is -5.59. The number of hydrogen-bond donors (Lipinski definition) is 3. The second kappa shape index (κ2) is 13.6. The molecule has 0 aliphatic carbocycles. The van der Waals surface area contributed by atoms with Crippen LogP contribution in [0.1, 0.15) is 35.0 Å². The Kier molecular flexibility index (Phi) is 9.23. The number of para-hydroxylation sites is 2. The number of rotatable bonds is 8. The van der Waals surface area contributed by atoms with Crippen LogP contribution in [0.25, 0.3) is 17.1 Å². The number of aliphatic carboxylic acids is 1. The number of aromatic carboxylic acids is 1. The summed E-state index contributed by atoms with van der Waals surface area (Å²) in [5.41, 5.74) is 9.70. The highest BCUT2D eigenvalue weighted by Gasteiger charge is 2.23. The van der Waals surface area contributed by atoms with Crippen molar-refractivity contribution >= 4 is 40.8 Å². The molecule has 5 rings (SSSR count). The van der Waals surface area contributed by atoms with E-state index in [9.17, 15) is 19.8 Å². The number of thioether (sulfide) groups is 1. The zero-order chi connectivity index (χ0) is 31.1. The third-order valence-corrected chi connectivity index (χ3v) is 7.84. The first-order valence-electron chi connectivity index (χ1n) is 13.7. The number of benzene rings is 2. The van der Waals surface area contributed by atoms with Gasteiger partial charge in [0.15, 0.2) is 0 Å². The van der Waals surface area contributed by atoms with Crippen LogP contribution in [-0.2, 0) is 4.79 Å². The van der Waals surface area contributed by atoms with Crippen molar-refractivity contribution in [3.8, 4) is 23.2 Å². The third kappa shape index (κ3) is 7.06. The molecule has 0 saturated heterocycles. The average molecular weight is 601 g/mol. The molecule has 0 radical (unpaired) electrons. The van der Waals surface area contributed by atoms with Crippen molar-refractivity contribution in [3.63, 3.8) is 0 Å². The van der Waals surface area contributed by atoms with Gasteiger partial charge in [-0.1, -0.05) is 72.2 Å². The number of nitrogens with two attached hydrogens (primary N) is 1. The molecule has 4 N–H and O–H groups in total. The number of pyridine rings is 2. The number of anilines is 2. The number of nitrogens with zero attached hydrogens (tertiary/aromatic N) is 3. The number of carboxylic acids is 2. The minimum Gasteiger partial charge on any atom is -0.478 e. The Morgan fingerprint density at radius 2 is 1.66 bits per heavy atom. The standard InChI is InChI=1S/C35H28N4O4S/c1-2-24(34(40)41)20-29(36)30-21-25(35(42)43)22-32(38-30)31-19-23(17-18-37-31)13-14-28-15-16-33(44-28)39(26-9-5-3-6-10-26)27-11-7-4-8-12-27/h2-12,16-22,28H,15,36H2,1H3,(H,40,41)(H,42,43)/b24-2+,29-20-. The molecule has 2 aromatic carbocycles. The summed E-state index contributed by atoms with van der Waals surface area (Å²) in [6.07, 6.45) is 7.21. The minimum absolute atomic E-state index is 0.0161. The van der Waals surface area contributed by atoms with E-state index in [2.05, 4.69) is 57.1 Å². The van der Waals surface area contributed by atoms with E-state index in [0.717, 1.165) is 22.8 Å². The number of carboxylic acid groups (broad SMARTS) is 2.